The van der Waals surface area contributed by atoms with Crippen LogP contribution < -0.4 is 4.80 Å². The lowest BCUT2D eigenvalue weighted by atomic mass is 10.0. The Balaban J connectivity index is 1.49. The molecule has 1 aliphatic carbocycles. The fraction of sp³-hybridized carbons (Fsp3) is 0.368. The van der Waals surface area contributed by atoms with E-state index >= 15 is 0 Å². The van der Waals surface area contributed by atoms with Crippen LogP contribution in [0.15, 0.2) is 54.6 Å². The standard InChI is InChI=1S/C19H22N5/c1-16-9-11-18(12-10-16)19(13-14-19)24-22-20-21-23(24)15-5-8-17-6-3-2-4-7-17/h2-4,6-7,9-12H,5,8,13-15H2,1H3/q+1. The van der Waals surface area contributed by atoms with Gasteiger partial charge >= 0.3 is 0 Å². The maximum atomic E-state index is 4.29. The summed E-state index contributed by atoms with van der Waals surface area (Å²) >= 11 is 0. The third kappa shape index (κ3) is 2.82. The molecule has 3 aromatic rings. The van der Waals surface area contributed by atoms with Crippen LogP contribution in [-0.2, 0) is 18.5 Å². The summed E-state index contributed by atoms with van der Waals surface area (Å²) in [6, 6.07) is 19.3. The molecule has 1 heterocycles. The summed E-state index contributed by atoms with van der Waals surface area (Å²) in [5.74, 6) is 0. The summed E-state index contributed by atoms with van der Waals surface area (Å²) in [5.41, 5.74) is 3.89. The minimum atomic E-state index is -0.0516. The van der Waals surface area contributed by atoms with Gasteiger partial charge in [-0.25, -0.2) is 0 Å². The highest BCUT2D eigenvalue weighted by Crippen LogP contribution is 2.47. The Bertz CT molecular complexity index is 803. The molecule has 0 radical (unpaired) electrons. The molecule has 1 fully saturated rings. The highest BCUT2D eigenvalue weighted by atomic mass is 15.8. The molecule has 4 rings (SSSR count). The van der Waals surface area contributed by atoms with E-state index in [1.165, 1.54) is 16.7 Å². The van der Waals surface area contributed by atoms with Crippen molar-refractivity contribution in [2.24, 2.45) is 0 Å². The van der Waals surface area contributed by atoms with E-state index in [1.54, 1.807) is 0 Å². The zero-order valence-corrected chi connectivity index (χ0v) is 14.0. The molecule has 5 heteroatoms. The molecule has 122 valence electrons. The fourth-order valence-corrected chi connectivity index (χ4v) is 3.29. The molecule has 2 aromatic carbocycles. The molecule has 0 bridgehead atoms. The second kappa shape index (κ2) is 6.15. The van der Waals surface area contributed by atoms with Crippen LogP contribution in [0.1, 0.15) is 36.0 Å². The Morgan fingerprint density at radius 1 is 1.04 bits per heavy atom. The molecule has 0 aliphatic heterocycles. The van der Waals surface area contributed by atoms with Gasteiger partial charge in [0.25, 0.3) is 0 Å². The molecule has 24 heavy (non-hydrogen) atoms. The fourth-order valence-electron chi connectivity index (χ4n) is 3.29. The van der Waals surface area contributed by atoms with Crippen LogP contribution in [0.4, 0.5) is 0 Å². The van der Waals surface area contributed by atoms with Crippen molar-refractivity contribution in [2.45, 2.75) is 44.7 Å². The second-order valence-electron chi connectivity index (χ2n) is 6.64. The molecular weight excluding hydrogens is 298 g/mol. The normalized spacial score (nSPS) is 15.4. The van der Waals surface area contributed by atoms with E-state index in [0.29, 0.717) is 0 Å². The summed E-state index contributed by atoms with van der Waals surface area (Å²) in [6.45, 7) is 2.94. The Morgan fingerprint density at radius 3 is 2.50 bits per heavy atom. The molecule has 0 atom stereocenters. The van der Waals surface area contributed by atoms with Gasteiger partial charge in [0.05, 0.1) is 0 Å². The van der Waals surface area contributed by atoms with Gasteiger partial charge in [0.2, 0.25) is 10.4 Å². The maximum Gasteiger partial charge on any atom is 0.231 e. The van der Waals surface area contributed by atoms with Gasteiger partial charge in [0.15, 0.2) is 0 Å². The number of aryl methyl sites for hydroxylation is 3. The minimum absolute atomic E-state index is 0.0516. The van der Waals surface area contributed by atoms with Crippen molar-refractivity contribution in [1.29, 1.82) is 0 Å². The minimum Gasteiger partial charge on any atom is -0.0650 e. The van der Waals surface area contributed by atoms with Gasteiger partial charge in [0.1, 0.15) is 17.3 Å². The molecule has 0 N–H and O–H groups in total. The average molecular weight is 320 g/mol. The Hall–Kier alpha value is -2.56. The summed E-state index contributed by atoms with van der Waals surface area (Å²) in [4.78, 5) is 3.92. The van der Waals surface area contributed by atoms with E-state index in [4.69, 9.17) is 0 Å². The SMILES string of the molecule is Cc1ccc(C2(n3nnn[n+]3CCCc3ccccc3)CC2)cc1. The lowest BCUT2D eigenvalue weighted by Crippen LogP contribution is -2.51. The first-order valence-corrected chi connectivity index (χ1v) is 8.58. The summed E-state index contributed by atoms with van der Waals surface area (Å²) in [6.07, 6.45) is 4.26. The van der Waals surface area contributed by atoms with E-state index in [0.717, 1.165) is 32.2 Å². The van der Waals surface area contributed by atoms with Crippen LogP contribution in [0, 0.1) is 6.92 Å². The molecule has 1 saturated carbocycles. The largest absolute Gasteiger partial charge is 0.231 e. The van der Waals surface area contributed by atoms with Gasteiger partial charge in [-0.15, -0.1) is 0 Å². The van der Waals surface area contributed by atoms with Crippen molar-refractivity contribution < 1.29 is 4.80 Å². The van der Waals surface area contributed by atoms with Crippen LogP contribution in [-0.4, -0.2) is 20.4 Å². The average Bonchev–Trinajstić information content (AvgIpc) is 3.28. The quantitative estimate of drug-likeness (QED) is 0.655. The smallest absolute Gasteiger partial charge is 0.0650 e. The number of benzene rings is 2. The van der Waals surface area contributed by atoms with Crippen molar-refractivity contribution in [3.8, 4) is 0 Å². The summed E-state index contributed by atoms with van der Waals surface area (Å²) in [5, 5.41) is 12.4. The van der Waals surface area contributed by atoms with Gasteiger partial charge in [0, 0.05) is 0 Å². The number of nitrogens with zero attached hydrogens (tertiary/aromatic N) is 5. The molecule has 5 nitrogen and oxygen atoms in total. The number of rotatable bonds is 6. The van der Waals surface area contributed by atoms with Crippen LogP contribution in [0.2, 0.25) is 0 Å². The Kier molecular flexibility index (Phi) is 3.84. The maximum absolute atomic E-state index is 4.29. The van der Waals surface area contributed by atoms with E-state index in [2.05, 4.69) is 77.2 Å². The molecule has 0 spiro atoms. The zero-order chi connectivity index (χ0) is 16.4. The molecule has 0 unspecified atom stereocenters. The van der Waals surface area contributed by atoms with Crippen molar-refractivity contribution in [2.75, 3.05) is 0 Å². The predicted octanol–water partition coefficient (Wildman–Crippen LogP) is 2.44. The molecule has 1 aromatic heterocycles. The van der Waals surface area contributed by atoms with Crippen LogP contribution >= 0.6 is 0 Å². The van der Waals surface area contributed by atoms with Crippen LogP contribution in [0.5, 0.6) is 0 Å². The number of hydrogen-bond donors (Lipinski definition) is 0. The second-order valence-corrected chi connectivity index (χ2v) is 6.64. The number of aromatic nitrogens is 5. The topological polar surface area (TPSA) is 47.5 Å². The first kappa shape index (κ1) is 15.0. The summed E-state index contributed by atoms with van der Waals surface area (Å²) in [7, 11) is 0. The van der Waals surface area contributed by atoms with Crippen molar-refractivity contribution in [1.82, 2.24) is 20.4 Å². The highest BCUT2D eigenvalue weighted by molar-refractivity contribution is 5.32. The third-order valence-corrected chi connectivity index (χ3v) is 4.85. The van der Waals surface area contributed by atoms with Crippen LogP contribution in [0.3, 0.4) is 0 Å². The molecule has 0 saturated heterocycles. The van der Waals surface area contributed by atoms with E-state index in [-0.39, 0.29) is 5.54 Å². The monoisotopic (exact) mass is 320 g/mol. The van der Waals surface area contributed by atoms with E-state index in [1.807, 2.05) is 9.59 Å². The predicted molar refractivity (Wildman–Crippen MR) is 90.3 cm³/mol. The first-order valence-electron chi connectivity index (χ1n) is 8.58. The van der Waals surface area contributed by atoms with Gasteiger partial charge < -0.3 is 0 Å². The molecule has 0 amide bonds. The van der Waals surface area contributed by atoms with Crippen molar-refractivity contribution in [3.05, 3.63) is 71.3 Å². The number of hydrogen-bond acceptors (Lipinski definition) is 3. The zero-order valence-electron chi connectivity index (χ0n) is 14.0. The summed E-state index contributed by atoms with van der Waals surface area (Å²) < 4.78 is 0. The van der Waals surface area contributed by atoms with Gasteiger partial charge in [-0.1, -0.05) is 65.0 Å². The third-order valence-electron chi connectivity index (χ3n) is 4.85. The molecule has 1 aliphatic rings. The Labute approximate surface area is 141 Å². The van der Waals surface area contributed by atoms with Crippen molar-refractivity contribution in [3.63, 3.8) is 0 Å². The van der Waals surface area contributed by atoms with Crippen LogP contribution in [0.25, 0.3) is 0 Å². The van der Waals surface area contributed by atoms with Gasteiger partial charge in [-0.2, -0.15) is 0 Å². The van der Waals surface area contributed by atoms with Gasteiger partial charge in [-0.05, 0) is 48.5 Å². The van der Waals surface area contributed by atoms with Gasteiger partial charge in [-0.3, -0.25) is 0 Å². The van der Waals surface area contributed by atoms with E-state index < -0.39 is 0 Å². The molecular formula is C19H22N5+. The highest BCUT2D eigenvalue weighted by Gasteiger charge is 2.52. The van der Waals surface area contributed by atoms with Crippen molar-refractivity contribution >= 4 is 0 Å². The van der Waals surface area contributed by atoms with E-state index in [9.17, 15) is 0 Å². The lowest BCUT2D eigenvalue weighted by molar-refractivity contribution is -0.834. The first-order chi connectivity index (χ1) is 11.8. The lowest BCUT2D eigenvalue weighted by Gasteiger charge is -2.13. The Morgan fingerprint density at radius 2 is 1.79 bits per heavy atom.